The van der Waals surface area contributed by atoms with Crippen LogP contribution in [0.25, 0.3) is 5.69 Å². The van der Waals surface area contributed by atoms with Crippen LogP contribution in [0.1, 0.15) is 34.6 Å². The number of nitrogens with one attached hydrogen (secondary N) is 1. The number of rotatable bonds is 4. The minimum atomic E-state index is -0.739. The summed E-state index contributed by atoms with van der Waals surface area (Å²) in [6, 6.07) is 8.57. The second-order valence-corrected chi connectivity index (χ2v) is 5.87. The van der Waals surface area contributed by atoms with E-state index in [2.05, 4.69) is 10.4 Å². The van der Waals surface area contributed by atoms with Crippen LogP contribution < -0.4 is 5.32 Å². The molecule has 0 fully saturated rings. The molecule has 1 atom stereocenters. The van der Waals surface area contributed by atoms with Crippen LogP contribution in [0, 0.1) is 24.4 Å². The number of para-hydroxylation sites is 1. The number of aromatic nitrogens is 2. The van der Waals surface area contributed by atoms with Gasteiger partial charge >= 0.3 is 0 Å². The van der Waals surface area contributed by atoms with Crippen molar-refractivity contribution < 1.29 is 18.0 Å². The van der Waals surface area contributed by atoms with Crippen molar-refractivity contribution in [3.63, 3.8) is 0 Å². The summed E-state index contributed by atoms with van der Waals surface area (Å²) in [5, 5.41) is 6.71. The van der Waals surface area contributed by atoms with Crippen molar-refractivity contribution in [1.82, 2.24) is 15.1 Å². The number of benzene rings is 2. The van der Waals surface area contributed by atoms with Gasteiger partial charge in [0.1, 0.15) is 23.1 Å². The van der Waals surface area contributed by atoms with Gasteiger partial charge in [-0.3, -0.25) is 4.79 Å². The molecule has 1 unspecified atom stereocenters. The molecule has 0 aliphatic heterocycles. The molecule has 7 heteroatoms. The molecule has 0 saturated carbocycles. The smallest absolute Gasteiger partial charge is 0.255 e. The van der Waals surface area contributed by atoms with E-state index in [4.69, 9.17) is 0 Å². The molecule has 4 nitrogen and oxygen atoms in total. The van der Waals surface area contributed by atoms with Crippen molar-refractivity contribution in [3.8, 4) is 5.69 Å². The molecule has 26 heavy (non-hydrogen) atoms. The molecule has 0 radical (unpaired) electrons. The number of halogens is 3. The van der Waals surface area contributed by atoms with Crippen molar-refractivity contribution in [2.45, 2.75) is 19.9 Å². The highest BCUT2D eigenvalue weighted by atomic mass is 19.1. The number of amides is 1. The first-order valence-electron chi connectivity index (χ1n) is 7.94. The monoisotopic (exact) mass is 359 g/mol. The maximum Gasteiger partial charge on any atom is 0.255 e. The second-order valence-electron chi connectivity index (χ2n) is 5.87. The van der Waals surface area contributed by atoms with Gasteiger partial charge in [0.05, 0.1) is 23.5 Å². The summed E-state index contributed by atoms with van der Waals surface area (Å²) in [5.41, 5.74) is 1.07. The molecule has 1 aromatic heterocycles. The molecule has 3 rings (SSSR count). The molecular weight excluding hydrogens is 343 g/mol. The molecule has 0 aliphatic rings. The van der Waals surface area contributed by atoms with Gasteiger partial charge in [0, 0.05) is 11.6 Å². The lowest BCUT2D eigenvalue weighted by Gasteiger charge is -2.15. The third kappa shape index (κ3) is 3.33. The normalized spacial score (nSPS) is 12.0. The highest BCUT2D eigenvalue weighted by Crippen LogP contribution is 2.20. The summed E-state index contributed by atoms with van der Waals surface area (Å²) in [4.78, 5) is 12.5. The van der Waals surface area contributed by atoms with Crippen LogP contribution >= 0.6 is 0 Å². The predicted molar refractivity (Wildman–Crippen MR) is 90.5 cm³/mol. The zero-order valence-electron chi connectivity index (χ0n) is 14.1. The Hall–Kier alpha value is -3.09. The fraction of sp³-hybridized carbons (Fsp3) is 0.158. The quantitative estimate of drug-likeness (QED) is 0.763. The van der Waals surface area contributed by atoms with Gasteiger partial charge in [0.15, 0.2) is 0 Å². The van der Waals surface area contributed by atoms with Crippen molar-refractivity contribution in [2.24, 2.45) is 0 Å². The van der Waals surface area contributed by atoms with Crippen LogP contribution in [0.15, 0.2) is 48.7 Å². The van der Waals surface area contributed by atoms with Gasteiger partial charge in [-0.25, -0.2) is 17.9 Å². The van der Waals surface area contributed by atoms with Gasteiger partial charge in [-0.05, 0) is 32.0 Å². The summed E-state index contributed by atoms with van der Waals surface area (Å²) >= 11 is 0. The van der Waals surface area contributed by atoms with E-state index in [1.165, 1.54) is 23.0 Å². The highest BCUT2D eigenvalue weighted by molar-refractivity contribution is 5.95. The third-order valence-electron chi connectivity index (χ3n) is 4.11. The van der Waals surface area contributed by atoms with Crippen molar-refractivity contribution in [1.29, 1.82) is 0 Å². The predicted octanol–water partition coefficient (Wildman–Crippen LogP) is 4.09. The van der Waals surface area contributed by atoms with E-state index in [-0.39, 0.29) is 16.8 Å². The first-order chi connectivity index (χ1) is 12.4. The van der Waals surface area contributed by atoms with E-state index in [1.54, 1.807) is 32.0 Å². The lowest BCUT2D eigenvalue weighted by atomic mass is 10.1. The second kappa shape index (κ2) is 7.03. The molecule has 0 bridgehead atoms. The minimum Gasteiger partial charge on any atom is -0.345 e. The molecule has 0 aliphatic carbocycles. The Labute approximate surface area is 148 Å². The number of hydrogen-bond donors (Lipinski definition) is 1. The summed E-state index contributed by atoms with van der Waals surface area (Å²) in [7, 11) is 0. The van der Waals surface area contributed by atoms with Gasteiger partial charge in [0.25, 0.3) is 5.91 Å². The summed E-state index contributed by atoms with van der Waals surface area (Å²) in [6.45, 7) is 3.22. The molecular formula is C19H16F3N3O. The summed E-state index contributed by atoms with van der Waals surface area (Å²) in [5.74, 6) is -2.38. The van der Waals surface area contributed by atoms with Gasteiger partial charge in [-0.1, -0.05) is 18.2 Å². The van der Waals surface area contributed by atoms with Crippen LogP contribution in [0.2, 0.25) is 0 Å². The first kappa shape index (κ1) is 17.7. The summed E-state index contributed by atoms with van der Waals surface area (Å²) in [6.07, 6.45) is 1.32. The maximum atomic E-state index is 13.9. The molecule has 3 aromatic rings. The number of carbonyl (C=O) groups is 1. The molecule has 1 amide bonds. The first-order valence-corrected chi connectivity index (χ1v) is 7.94. The van der Waals surface area contributed by atoms with Crippen LogP contribution in [-0.2, 0) is 0 Å². The van der Waals surface area contributed by atoms with Crippen LogP contribution in [-0.4, -0.2) is 15.7 Å². The Morgan fingerprint density at radius 1 is 1.12 bits per heavy atom. The van der Waals surface area contributed by atoms with Crippen LogP contribution in [0.5, 0.6) is 0 Å². The summed E-state index contributed by atoms with van der Waals surface area (Å²) < 4.78 is 42.1. The zero-order chi connectivity index (χ0) is 18.8. The van der Waals surface area contributed by atoms with Crippen molar-refractivity contribution in [2.75, 3.05) is 0 Å². The largest absolute Gasteiger partial charge is 0.345 e. The van der Waals surface area contributed by atoms with E-state index in [0.717, 1.165) is 12.1 Å². The van der Waals surface area contributed by atoms with Gasteiger partial charge in [-0.2, -0.15) is 5.10 Å². The number of carbonyl (C=O) groups excluding carboxylic acids is 1. The molecule has 0 saturated heterocycles. The van der Waals surface area contributed by atoms with Gasteiger partial charge in [-0.15, -0.1) is 0 Å². The molecule has 134 valence electrons. The van der Waals surface area contributed by atoms with E-state index in [0.29, 0.717) is 5.69 Å². The fourth-order valence-corrected chi connectivity index (χ4v) is 2.70. The Balaban J connectivity index is 1.84. The van der Waals surface area contributed by atoms with E-state index in [9.17, 15) is 18.0 Å². The minimum absolute atomic E-state index is 0.166. The lowest BCUT2D eigenvalue weighted by Crippen LogP contribution is -2.27. The van der Waals surface area contributed by atoms with Crippen LogP contribution in [0.3, 0.4) is 0 Å². The Morgan fingerprint density at radius 3 is 2.54 bits per heavy atom. The van der Waals surface area contributed by atoms with Gasteiger partial charge < -0.3 is 5.32 Å². The molecule has 1 heterocycles. The fourth-order valence-electron chi connectivity index (χ4n) is 2.70. The maximum absolute atomic E-state index is 13.9. The average molecular weight is 359 g/mol. The zero-order valence-corrected chi connectivity index (χ0v) is 14.1. The van der Waals surface area contributed by atoms with Crippen molar-refractivity contribution >= 4 is 5.91 Å². The van der Waals surface area contributed by atoms with Crippen LogP contribution in [0.4, 0.5) is 13.2 Å². The molecule has 1 N–H and O–H groups in total. The van der Waals surface area contributed by atoms with E-state index < -0.39 is 29.4 Å². The SMILES string of the molecule is Cc1c(C(=O)NC(C)c2ccc(F)cc2F)cnn1-c1ccccc1F. The Bertz CT molecular complexity index is 968. The Morgan fingerprint density at radius 2 is 1.85 bits per heavy atom. The topological polar surface area (TPSA) is 46.9 Å². The van der Waals surface area contributed by atoms with Gasteiger partial charge in [0.2, 0.25) is 0 Å². The van der Waals surface area contributed by atoms with E-state index >= 15 is 0 Å². The highest BCUT2D eigenvalue weighted by Gasteiger charge is 2.20. The lowest BCUT2D eigenvalue weighted by molar-refractivity contribution is 0.0938. The number of nitrogens with zero attached hydrogens (tertiary/aromatic N) is 2. The van der Waals surface area contributed by atoms with Crippen molar-refractivity contribution in [3.05, 3.63) is 82.9 Å². The van der Waals surface area contributed by atoms with E-state index in [1.807, 2.05) is 0 Å². The molecule has 0 spiro atoms. The number of hydrogen-bond acceptors (Lipinski definition) is 2. The third-order valence-corrected chi connectivity index (χ3v) is 4.11. The Kier molecular flexibility index (Phi) is 4.79. The molecule has 2 aromatic carbocycles. The standard InChI is InChI=1S/C19H16F3N3O/c1-11(14-8-7-13(20)9-17(14)22)24-19(26)15-10-23-25(12(15)2)18-6-4-3-5-16(18)21/h3-11H,1-2H3,(H,24,26). The average Bonchev–Trinajstić information content (AvgIpc) is 2.96.